The molecule has 18 heavy (non-hydrogen) atoms. The molecule has 0 spiro atoms. The summed E-state index contributed by atoms with van der Waals surface area (Å²) < 4.78 is 4.79. The highest BCUT2D eigenvalue weighted by atomic mass is 35.5. The number of halogens is 2. The van der Waals surface area contributed by atoms with Gasteiger partial charge in [-0.3, -0.25) is 0 Å². The van der Waals surface area contributed by atoms with Gasteiger partial charge in [-0.1, -0.05) is 23.2 Å². The fourth-order valence-corrected chi connectivity index (χ4v) is 1.94. The molecular formula is C12H17Cl2NO3. The van der Waals surface area contributed by atoms with Gasteiger partial charge in [-0.15, -0.1) is 0 Å². The smallest absolute Gasteiger partial charge is 0.0929 e. The van der Waals surface area contributed by atoms with Gasteiger partial charge in [0.05, 0.1) is 18.8 Å². The number of aliphatic hydroxyl groups is 2. The summed E-state index contributed by atoms with van der Waals surface area (Å²) in [6, 6.07) is 4.93. The second kappa shape index (κ2) is 7.94. The molecule has 2 unspecified atom stereocenters. The van der Waals surface area contributed by atoms with Crippen LogP contribution in [0.4, 0.5) is 0 Å². The summed E-state index contributed by atoms with van der Waals surface area (Å²) in [5.41, 5.74) is 0.567. The van der Waals surface area contributed by atoms with Gasteiger partial charge in [-0.05, 0) is 18.2 Å². The number of methoxy groups -OCH3 is 1. The standard InChI is InChI=1S/C12H17Cl2NO3/c1-18-7-9(16)5-15-6-12(17)10-4-8(13)2-3-11(10)14/h2-4,9,12,15-17H,5-7H2,1H3. The Morgan fingerprint density at radius 2 is 2.00 bits per heavy atom. The van der Waals surface area contributed by atoms with E-state index in [-0.39, 0.29) is 13.2 Å². The Kier molecular flexibility index (Phi) is 6.92. The minimum Gasteiger partial charge on any atom is -0.389 e. The van der Waals surface area contributed by atoms with Gasteiger partial charge in [0.2, 0.25) is 0 Å². The first-order valence-corrected chi connectivity index (χ1v) is 6.31. The number of benzene rings is 1. The summed E-state index contributed by atoms with van der Waals surface area (Å²) in [4.78, 5) is 0. The molecule has 0 saturated heterocycles. The molecule has 0 heterocycles. The van der Waals surface area contributed by atoms with Crippen molar-refractivity contribution in [3.63, 3.8) is 0 Å². The van der Waals surface area contributed by atoms with E-state index in [2.05, 4.69) is 5.32 Å². The highest BCUT2D eigenvalue weighted by Crippen LogP contribution is 2.25. The van der Waals surface area contributed by atoms with Gasteiger partial charge in [-0.2, -0.15) is 0 Å². The predicted molar refractivity (Wildman–Crippen MR) is 72.2 cm³/mol. The van der Waals surface area contributed by atoms with Crippen molar-refractivity contribution in [3.8, 4) is 0 Å². The lowest BCUT2D eigenvalue weighted by atomic mass is 10.1. The summed E-state index contributed by atoms with van der Waals surface area (Å²) in [5, 5.41) is 23.3. The van der Waals surface area contributed by atoms with E-state index >= 15 is 0 Å². The summed E-state index contributed by atoms with van der Waals surface area (Å²) in [7, 11) is 1.52. The van der Waals surface area contributed by atoms with Gasteiger partial charge in [0.25, 0.3) is 0 Å². The molecule has 0 aromatic heterocycles. The van der Waals surface area contributed by atoms with Crippen molar-refractivity contribution >= 4 is 23.2 Å². The Morgan fingerprint density at radius 1 is 1.28 bits per heavy atom. The molecule has 0 aliphatic rings. The van der Waals surface area contributed by atoms with Crippen molar-refractivity contribution in [3.05, 3.63) is 33.8 Å². The van der Waals surface area contributed by atoms with Gasteiger partial charge >= 0.3 is 0 Å². The Labute approximate surface area is 116 Å². The fourth-order valence-electron chi connectivity index (χ4n) is 1.52. The molecule has 0 aliphatic heterocycles. The number of rotatable bonds is 7. The monoisotopic (exact) mass is 293 g/mol. The molecule has 2 atom stereocenters. The highest BCUT2D eigenvalue weighted by Gasteiger charge is 2.12. The lowest BCUT2D eigenvalue weighted by molar-refractivity contribution is 0.0616. The molecule has 1 aromatic carbocycles. The van der Waals surface area contributed by atoms with Gasteiger partial charge < -0.3 is 20.3 Å². The maximum Gasteiger partial charge on any atom is 0.0929 e. The SMILES string of the molecule is COCC(O)CNCC(O)c1cc(Cl)ccc1Cl. The van der Waals surface area contributed by atoms with Crippen molar-refractivity contribution in [1.29, 1.82) is 0 Å². The summed E-state index contributed by atoms with van der Waals surface area (Å²) in [6.45, 7) is 0.866. The molecule has 6 heteroatoms. The topological polar surface area (TPSA) is 61.7 Å². The van der Waals surface area contributed by atoms with Crippen molar-refractivity contribution in [2.45, 2.75) is 12.2 Å². The molecule has 1 rings (SSSR count). The Morgan fingerprint density at radius 3 is 2.67 bits per heavy atom. The average molecular weight is 294 g/mol. The Bertz CT molecular complexity index is 376. The second-order valence-corrected chi connectivity index (χ2v) is 4.79. The van der Waals surface area contributed by atoms with Crippen LogP contribution in [-0.4, -0.2) is 43.1 Å². The lowest BCUT2D eigenvalue weighted by Gasteiger charge is -2.16. The normalized spacial score (nSPS) is 14.5. The first-order valence-electron chi connectivity index (χ1n) is 5.55. The second-order valence-electron chi connectivity index (χ2n) is 3.95. The molecule has 0 aliphatic carbocycles. The maximum atomic E-state index is 9.95. The number of aliphatic hydroxyl groups excluding tert-OH is 2. The van der Waals surface area contributed by atoms with E-state index in [4.69, 9.17) is 27.9 Å². The van der Waals surface area contributed by atoms with Crippen molar-refractivity contribution in [2.24, 2.45) is 0 Å². The van der Waals surface area contributed by atoms with Crippen LogP contribution in [0.5, 0.6) is 0 Å². The number of hydrogen-bond acceptors (Lipinski definition) is 4. The summed E-state index contributed by atoms with van der Waals surface area (Å²) in [6.07, 6.45) is -1.37. The van der Waals surface area contributed by atoms with E-state index in [1.807, 2.05) is 0 Å². The zero-order valence-electron chi connectivity index (χ0n) is 10.1. The molecule has 0 fully saturated rings. The molecule has 0 amide bonds. The fraction of sp³-hybridized carbons (Fsp3) is 0.500. The number of nitrogens with one attached hydrogen (secondary N) is 1. The first-order chi connectivity index (χ1) is 8.54. The van der Waals surface area contributed by atoms with Crippen molar-refractivity contribution in [2.75, 3.05) is 26.8 Å². The van der Waals surface area contributed by atoms with Crippen LogP contribution >= 0.6 is 23.2 Å². The van der Waals surface area contributed by atoms with Gasteiger partial charge in [0.15, 0.2) is 0 Å². The molecule has 1 aromatic rings. The van der Waals surface area contributed by atoms with Gasteiger partial charge in [-0.25, -0.2) is 0 Å². The van der Waals surface area contributed by atoms with E-state index in [0.717, 1.165) is 0 Å². The molecule has 4 nitrogen and oxygen atoms in total. The van der Waals surface area contributed by atoms with E-state index in [0.29, 0.717) is 22.2 Å². The average Bonchev–Trinajstić information content (AvgIpc) is 2.32. The number of ether oxygens (including phenoxy) is 1. The third-order valence-electron chi connectivity index (χ3n) is 2.39. The van der Waals surface area contributed by atoms with Crippen LogP contribution < -0.4 is 5.32 Å². The Balaban J connectivity index is 2.45. The van der Waals surface area contributed by atoms with E-state index in [1.165, 1.54) is 7.11 Å². The first kappa shape index (κ1) is 15.7. The third kappa shape index (κ3) is 5.10. The zero-order chi connectivity index (χ0) is 13.5. The van der Waals surface area contributed by atoms with Crippen molar-refractivity contribution in [1.82, 2.24) is 5.32 Å². The molecular weight excluding hydrogens is 277 g/mol. The van der Waals surface area contributed by atoms with Crippen LogP contribution in [0.2, 0.25) is 10.0 Å². The van der Waals surface area contributed by atoms with E-state index in [9.17, 15) is 10.2 Å². The number of hydrogen-bond donors (Lipinski definition) is 3. The van der Waals surface area contributed by atoms with Gasteiger partial charge in [0.1, 0.15) is 0 Å². The maximum absolute atomic E-state index is 9.95. The summed E-state index contributed by atoms with van der Waals surface area (Å²) in [5.74, 6) is 0. The summed E-state index contributed by atoms with van der Waals surface area (Å²) >= 11 is 11.8. The molecule has 0 bridgehead atoms. The lowest BCUT2D eigenvalue weighted by Crippen LogP contribution is -2.32. The van der Waals surface area contributed by atoms with Crippen LogP contribution in [0.15, 0.2) is 18.2 Å². The van der Waals surface area contributed by atoms with Gasteiger partial charge in [0, 0.05) is 35.8 Å². The van der Waals surface area contributed by atoms with Crippen molar-refractivity contribution < 1.29 is 14.9 Å². The molecule has 0 saturated carbocycles. The van der Waals surface area contributed by atoms with Crippen LogP contribution in [0.1, 0.15) is 11.7 Å². The molecule has 0 radical (unpaired) electrons. The van der Waals surface area contributed by atoms with E-state index < -0.39 is 12.2 Å². The molecule has 102 valence electrons. The van der Waals surface area contributed by atoms with Crippen LogP contribution in [0, 0.1) is 0 Å². The molecule has 3 N–H and O–H groups in total. The quantitative estimate of drug-likeness (QED) is 0.715. The minimum atomic E-state index is -0.772. The van der Waals surface area contributed by atoms with Crippen LogP contribution in [0.25, 0.3) is 0 Å². The van der Waals surface area contributed by atoms with E-state index in [1.54, 1.807) is 18.2 Å². The van der Waals surface area contributed by atoms with Crippen LogP contribution in [0.3, 0.4) is 0 Å². The van der Waals surface area contributed by atoms with Crippen LogP contribution in [-0.2, 0) is 4.74 Å². The predicted octanol–water partition coefficient (Wildman–Crippen LogP) is 1.62. The zero-order valence-corrected chi connectivity index (χ0v) is 11.6. The largest absolute Gasteiger partial charge is 0.389 e. The Hall–Kier alpha value is -0.360. The minimum absolute atomic E-state index is 0.251. The highest BCUT2D eigenvalue weighted by molar-refractivity contribution is 6.33. The third-order valence-corrected chi connectivity index (χ3v) is 2.97.